The van der Waals surface area contributed by atoms with Gasteiger partial charge in [-0.2, -0.15) is 0 Å². The number of nitrogens with zero attached hydrogens (tertiary/aromatic N) is 2. The Morgan fingerprint density at radius 3 is 2.65 bits per heavy atom. The van der Waals surface area contributed by atoms with Crippen LogP contribution in [0.1, 0.15) is 0 Å². The van der Waals surface area contributed by atoms with Crippen molar-refractivity contribution in [3.63, 3.8) is 0 Å². The molecule has 2 aromatic heterocycles. The number of hydrogen-bond acceptors (Lipinski definition) is 1. The minimum Gasteiger partial charge on any atom is -0.315 e. The van der Waals surface area contributed by atoms with Crippen molar-refractivity contribution in [3.8, 4) is 5.69 Å². The zero-order chi connectivity index (χ0) is 11.8. The Morgan fingerprint density at radius 1 is 1.12 bits per heavy atom. The summed E-state index contributed by atoms with van der Waals surface area (Å²) in [6.07, 6.45) is 3.69. The first-order chi connectivity index (χ1) is 8.24. The first-order valence-electron chi connectivity index (χ1n) is 5.12. The molecular weight excluding hydrogens is 283 g/mol. The van der Waals surface area contributed by atoms with Crippen LogP contribution in [-0.4, -0.2) is 9.55 Å². The lowest BCUT2D eigenvalue weighted by atomic mass is 10.3. The summed E-state index contributed by atoms with van der Waals surface area (Å²) in [7, 11) is 0. The van der Waals surface area contributed by atoms with Crippen LogP contribution in [0.25, 0.3) is 16.7 Å². The number of benzene rings is 1. The highest BCUT2D eigenvalue weighted by Crippen LogP contribution is 2.22. The second-order valence-electron chi connectivity index (χ2n) is 3.72. The van der Waals surface area contributed by atoms with E-state index in [9.17, 15) is 4.39 Å². The summed E-state index contributed by atoms with van der Waals surface area (Å²) in [5, 5.41) is 0. The monoisotopic (exact) mass is 290 g/mol. The van der Waals surface area contributed by atoms with Crippen LogP contribution >= 0.6 is 15.9 Å². The summed E-state index contributed by atoms with van der Waals surface area (Å²) in [4.78, 5) is 4.30. The van der Waals surface area contributed by atoms with E-state index in [1.54, 1.807) is 18.3 Å². The second-order valence-corrected chi connectivity index (χ2v) is 4.64. The van der Waals surface area contributed by atoms with E-state index >= 15 is 0 Å². The van der Waals surface area contributed by atoms with Gasteiger partial charge in [-0.3, -0.25) is 4.98 Å². The lowest BCUT2D eigenvalue weighted by Crippen LogP contribution is -1.92. The molecule has 0 aliphatic rings. The van der Waals surface area contributed by atoms with Crippen LogP contribution in [0.2, 0.25) is 0 Å². The molecule has 0 aliphatic heterocycles. The number of aromatic nitrogens is 2. The number of hydrogen-bond donors (Lipinski definition) is 0. The molecule has 0 saturated heterocycles. The molecule has 0 N–H and O–H groups in total. The van der Waals surface area contributed by atoms with Crippen LogP contribution in [0.15, 0.2) is 53.3 Å². The van der Waals surface area contributed by atoms with Crippen LogP contribution in [-0.2, 0) is 0 Å². The molecular formula is C13H8BrFN2. The largest absolute Gasteiger partial charge is 0.315 e. The zero-order valence-electron chi connectivity index (χ0n) is 8.77. The quantitative estimate of drug-likeness (QED) is 0.664. The highest BCUT2D eigenvalue weighted by molar-refractivity contribution is 9.10. The summed E-state index contributed by atoms with van der Waals surface area (Å²) < 4.78 is 15.8. The van der Waals surface area contributed by atoms with E-state index in [2.05, 4.69) is 20.9 Å². The van der Waals surface area contributed by atoms with Gasteiger partial charge in [0.25, 0.3) is 0 Å². The smallest absolute Gasteiger partial charge is 0.123 e. The lowest BCUT2D eigenvalue weighted by Gasteiger charge is -2.05. The topological polar surface area (TPSA) is 17.8 Å². The Kier molecular flexibility index (Phi) is 2.44. The Labute approximate surface area is 106 Å². The minimum absolute atomic E-state index is 0.232. The Hall–Kier alpha value is -1.68. The molecule has 0 radical (unpaired) electrons. The van der Waals surface area contributed by atoms with Crippen molar-refractivity contribution in [1.82, 2.24) is 9.55 Å². The maximum absolute atomic E-state index is 12.9. The molecule has 0 spiro atoms. The van der Waals surface area contributed by atoms with Gasteiger partial charge in [0.1, 0.15) is 5.82 Å². The zero-order valence-corrected chi connectivity index (χ0v) is 10.4. The lowest BCUT2D eigenvalue weighted by molar-refractivity contribution is 0.627. The van der Waals surface area contributed by atoms with E-state index in [1.807, 2.05) is 22.9 Å². The average molecular weight is 291 g/mol. The third-order valence-electron chi connectivity index (χ3n) is 2.61. The number of rotatable bonds is 1. The molecule has 0 saturated carbocycles. The molecule has 3 rings (SSSR count). The predicted molar refractivity (Wildman–Crippen MR) is 68.7 cm³/mol. The average Bonchev–Trinajstić information content (AvgIpc) is 2.73. The fourth-order valence-corrected chi connectivity index (χ4v) is 2.13. The van der Waals surface area contributed by atoms with E-state index in [4.69, 9.17) is 0 Å². The van der Waals surface area contributed by atoms with Crippen molar-refractivity contribution in [3.05, 3.63) is 59.1 Å². The molecule has 17 heavy (non-hydrogen) atoms. The van der Waals surface area contributed by atoms with Gasteiger partial charge in [0.15, 0.2) is 0 Å². The Bertz CT molecular complexity index is 673. The molecule has 0 unspecified atom stereocenters. The van der Waals surface area contributed by atoms with Gasteiger partial charge in [0.2, 0.25) is 0 Å². The van der Waals surface area contributed by atoms with Crippen molar-refractivity contribution in [2.45, 2.75) is 0 Å². The van der Waals surface area contributed by atoms with Gasteiger partial charge < -0.3 is 4.57 Å². The fourth-order valence-electron chi connectivity index (χ4n) is 1.81. The highest BCUT2D eigenvalue weighted by atomic mass is 79.9. The summed E-state index contributed by atoms with van der Waals surface area (Å²) >= 11 is 3.40. The Balaban J connectivity index is 2.23. The van der Waals surface area contributed by atoms with E-state index < -0.39 is 0 Å². The molecule has 2 nitrogen and oxygen atoms in total. The first kappa shape index (κ1) is 10.5. The van der Waals surface area contributed by atoms with Crippen molar-refractivity contribution >= 4 is 27.0 Å². The van der Waals surface area contributed by atoms with E-state index in [0.29, 0.717) is 0 Å². The molecule has 4 heteroatoms. The van der Waals surface area contributed by atoms with Crippen LogP contribution in [0.3, 0.4) is 0 Å². The van der Waals surface area contributed by atoms with Crippen molar-refractivity contribution in [2.75, 3.05) is 0 Å². The summed E-state index contributed by atoms with van der Waals surface area (Å²) in [5.41, 5.74) is 2.82. The standard InChI is InChI=1S/C13H8BrFN2/c14-9-7-13-12(16-8-9)5-6-17(13)11-3-1-10(15)2-4-11/h1-8H. The fraction of sp³-hybridized carbons (Fsp3) is 0. The number of fused-ring (bicyclic) bond motifs is 1. The number of pyridine rings is 1. The second kappa shape index (κ2) is 3.96. The third kappa shape index (κ3) is 1.85. The van der Waals surface area contributed by atoms with Crippen molar-refractivity contribution < 1.29 is 4.39 Å². The minimum atomic E-state index is -0.232. The van der Waals surface area contributed by atoms with Crippen molar-refractivity contribution in [1.29, 1.82) is 0 Å². The maximum atomic E-state index is 12.9. The molecule has 0 fully saturated rings. The van der Waals surface area contributed by atoms with Gasteiger partial charge in [0.05, 0.1) is 11.0 Å². The van der Waals surface area contributed by atoms with Gasteiger partial charge in [-0.25, -0.2) is 4.39 Å². The normalized spacial score (nSPS) is 10.9. The molecule has 0 atom stereocenters. The summed E-state index contributed by atoms with van der Waals surface area (Å²) in [6, 6.07) is 10.3. The predicted octanol–water partition coefficient (Wildman–Crippen LogP) is 3.93. The van der Waals surface area contributed by atoms with E-state index in [-0.39, 0.29) is 5.82 Å². The van der Waals surface area contributed by atoms with Gasteiger partial charge in [-0.15, -0.1) is 0 Å². The van der Waals surface area contributed by atoms with Gasteiger partial charge >= 0.3 is 0 Å². The SMILES string of the molecule is Fc1ccc(-n2ccc3ncc(Br)cc32)cc1. The van der Waals surface area contributed by atoms with E-state index in [1.165, 1.54) is 12.1 Å². The maximum Gasteiger partial charge on any atom is 0.123 e. The van der Waals surface area contributed by atoms with Crippen LogP contribution in [0, 0.1) is 5.82 Å². The molecule has 3 aromatic rings. The van der Waals surface area contributed by atoms with Gasteiger partial charge in [0, 0.05) is 22.6 Å². The highest BCUT2D eigenvalue weighted by Gasteiger charge is 2.04. The number of halogens is 2. The molecule has 2 heterocycles. The van der Waals surface area contributed by atoms with Gasteiger partial charge in [-0.1, -0.05) is 0 Å². The molecule has 84 valence electrons. The van der Waals surface area contributed by atoms with E-state index in [0.717, 1.165) is 21.2 Å². The molecule has 0 bridgehead atoms. The molecule has 0 aliphatic carbocycles. The third-order valence-corrected chi connectivity index (χ3v) is 3.04. The molecule has 0 amide bonds. The Morgan fingerprint density at radius 2 is 1.88 bits per heavy atom. The van der Waals surface area contributed by atoms with Crippen LogP contribution in [0.4, 0.5) is 4.39 Å². The van der Waals surface area contributed by atoms with Crippen LogP contribution < -0.4 is 0 Å². The summed E-state index contributed by atoms with van der Waals surface area (Å²) in [5.74, 6) is -0.232. The van der Waals surface area contributed by atoms with Crippen molar-refractivity contribution in [2.24, 2.45) is 0 Å². The molecule has 1 aromatic carbocycles. The van der Waals surface area contributed by atoms with Gasteiger partial charge in [-0.05, 0) is 52.3 Å². The van der Waals surface area contributed by atoms with Crippen LogP contribution in [0.5, 0.6) is 0 Å². The first-order valence-corrected chi connectivity index (χ1v) is 5.92. The summed E-state index contributed by atoms with van der Waals surface area (Å²) in [6.45, 7) is 0.